The summed E-state index contributed by atoms with van der Waals surface area (Å²) in [6.45, 7) is 0. The standard InChI is InChI=1S/C24H21Cl2NOS/c1-27(2)21-13-7-17(8-14-21)15-23(24(28)18-9-11-20(25)12-10-18)29-16-19-5-3-4-6-22(19)26/h3-15H,16H2,1-2H3/b23-15+. The Hall–Kier alpha value is -2.20. The second-order valence-corrected chi connectivity index (χ2v) is 8.57. The molecular weight excluding hydrogens is 421 g/mol. The molecule has 0 radical (unpaired) electrons. The van der Waals surface area contributed by atoms with Crippen LogP contribution in [-0.2, 0) is 5.75 Å². The van der Waals surface area contributed by atoms with Gasteiger partial charge in [0.15, 0.2) is 5.78 Å². The number of anilines is 1. The van der Waals surface area contributed by atoms with Gasteiger partial charge in [-0.2, -0.15) is 0 Å². The Kier molecular flexibility index (Phi) is 7.43. The lowest BCUT2D eigenvalue weighted by atomic mass is 10.1. The molecule has 0 aliphatic carbocycles. The van der Waals surface area contributed by atoms with Gasteiger partial charge in [-0.3, -0.25) is 4.79 Å². The highest BCUT2D eigenvalue weighted by Gasteiger charge is 2.14. The van der Waals surface area contributed by atoms with Crippen LogP contribution in [0.1, 0.15) is 21.5 Å². The highest BCUT2D eigenvalue weighted by molar-refractivity contribution is 8.03. The van der Waals surface area contributed by atoms with Crippen molar-refractivity contribution in [3.8, 4) is 0 Å². The molecule has 0 N–H and O–H groups in total. The van der Waals surface area contributed by atoms with E-state index in [0.29, 0.717) is 26.3 Å². The van der Waals surface area contributed by atoms with Gasteiger partial charge in [0.1, 0.15) is 0 Å². The first-order valence-corrected chi connectivity index (χ1v) is 10.8. The fourth-order valence-corrected chi connectivity index (χ4v) is 4.15. The van der Waals surface area contributed by atoms with E-state index in [1.165, 1.54) is 11.8 Å². The summed E-state index contributed by atoms with van der Waals surface area (Å²) in [4.78, 5) is 15.9. The average molecular weight is 442 g/mol. The second kappa shape index (κ2) is 10.0. The fraction of sp³-hybridized carbons (Fsp3) is 0.125. The zero-order chi connectivity index (χ0) is 20.8. The number of hydrogen-bond acceptors (Lipinski definition) is 3. The van der Waals surface area contributed by atoms with Gasteiger partial charge in [0.2, 0.25) is 0 Å². The van der Waals surface area contributed by atoms with E-state index in [2.05, 4.69) is 0 Å². The molecule has 0 aliphatic rings. The van der Waals surface area contributed by atoms with Gasteiger partial charge in [0.05, 0.1) is 4.91 Å². The van der Waals surface area contributed by atoms with Crippen molar-refractivity contribution in [3.05, 3.63) is 104 Å². The molecular formula is C24H21Cl2NOS. The molecule has 0 aromatic heterocycles. The van der Waals surface area contributed by atoms with E-state index < -0.39 is 0 Å². The van der Waals surface area contributed by atoms with Crippen LogP contribution in [0.2, 0.25) is 10.0 Å². The number of allylic oxidation sites excluding steroid dienone is 1. The molecule has 29 heavy (non-hydrogen) atoms. The maximum absolute atomic E-state index is 13.2. The van der Waals surface area contributed by atoms with Crippen LogP contribution in [0.4, 0.5) is 5.69 Å². The van der Waals surface area contributed by atoms with Gasteiger partial charge >= 0.3 is 0 Å². The SMILES string of the molecule is CN(C)c1ccc(/C=C(/SCc2ccccc2Cl)C(=O)c2ccc(Cl)cc2)cc1. The van der Waals surface area contributed by atoms with Crippen molar-refractivity contribution in [1.29, 1.82) is 0 Å². The first-order valence-electron chi connectivity index (χ1n) is 9.09. The molecule has 0 bridgehead atoms. The third kappa shape index (κ3) is 5.89. The second-order valence-electron chi connectivity index (χ2n) is 6.71. The molecule has 0 heterocycles. The minimum Gasteiger partial charge on any atom is -0.378 e. The van der Waals surface area contributed by atoms with Crippen LogP contribution in [0.5, 0.6) is 0 Å². The van der Waals surface area contributed by atoms with Crippen LogP contribution in [0.3, 0.4) is 0 Å². The van der Waals surface area contributed by atoms with Gasteiger partial charge in [-0.05, 0) is 59.7 Å². The highest BCUT2D eigenvalue weighted by atomic mass is 35.5. The Morgan fingerprint density at radius 2 is 1.59 bits per heavy atom. The summed E-state index contributed by atoms with van der Waals surface area (Å²) in [5, 5.41) is 1.31. The van der Waals surface area contributed by atoms with E-state index in [0.717, 1.165) is 16.8 Å². The van der Waals surface area contributed by atoms with Crippen LogP contribution in [0, 0.1) is 0 Å². The summed E-state index contributed by atoms with van der Waals surface area (Å²) in [5.74, 6) is 0.580. The first-order chi connectivity index (χ1) is 13.9. The molecule has 0 aliphatic heterocycles. The maximum atomic E-state index is 13.2. The number of carbonyl (C=O) groups is 1. The van der Waals surface area contributed by atoms with E-state index in [9.17, 15) is 4.79 Å². The van der Waals surface area contributed by atoms with Crippen LogP contribution >= 0.6 is 35.0 Å². The molecule has 0 fully saturated rings. The number of ketones is 1. The van der Waals surface area contributed by atoms with Crippen molar-refractivity contribution in [2.45, 2.75) is 5.75 Å². The quantitative estimate of drug-likeness (QED) is 0.285. The largest absolute Gasteiger partial charge is 0.378 e. The molecule has 3 aromatic rings. The smallest absolute Gasteiger partial charge is 0.199 e. The molecule has 2 nitrogen and oxygen atoms in total. The molecule has 148 valence electrons. The van der Waals surface area contributed by atoms with Gasteiger partial charge in [-0.1, -0.05) is 53.5 Å². The molecule has 3 aromatic carbocycles. The lowest BCUT2D eigenvalue weighted by Gasteiger charge is -2.12. The zero-order valence-corrected chi connectivity index (χ0v) is 18.6. The predicted octanol–water partition coefficient (Wildman–Crippen LogP) is 7.22. The number of halogens is 2. The van der Waals surface area contributed by atoms with E-state index >= 15 is 0 Å². The number of hydrogen-bond donors (Lipinski definition) is 0. The van der Waals surface area contributed by atoms with E-state index in [4.69, 9.17) is 23.2 Å². The Morgan fingerprint density at radius 3 is 2.21 bits per heavy atom. The normalized spacial score (nSPS) is 11.4. The van der Waals surface area contributed by atoms with E-state index in [-0.39, 0.29) is 5.78 Å². The van der Waals surface area contributed by atoms with Gasteiger partial charge in [-0.15, -0.1) is 11.8 Å². The molecule has 0 spiro atoms. The van der Waals surface area contributed by atoms with E-state index in [1.54, 1.807) is 24.3 Å². The Morgan fingerprint density at radius 1 is 0.931 bits per heavy atom. The monoisotopic (exact) mass is 441 g/mol. The lowest BCUT2D eigenvalue weighted by Crippen LogP contribution is -2.08. The Labute approximate surface area is 186 Å². The van der Waals surface area contributed by atoms with Gasteiger partial charge in [0, 0.05) is 41.1 Å². The van der Waals surface area contributed by atoms with Gasteiger partial charge < -0.3 is 4.90 Å². The van der Waals surface area contributed by atoms with Crippen molar-refractivity contribution in [2.24, 2.45) is 0 Å². The fourth-order valence-electron chi connectivity index (χ4n) is 2.71. The van der Waals surface area contributed by atoms with Crippen molar-refractivity contribution >= 4 is 52.5 Å². The lowest BCUT2D eigenvalue weighted by molar-refractivity contribution is 0.104. The Bertz CT molecular complexity index is 1010. The molecule has 0 saturated heterocycles. The third-order valence-corrected chi connectivity index (χ3v) is 6.07. The zero-order valence-electron chi connectivity index (χ0n) is 16.2. The maximum Gasteiger partial charge on any atom is 0.199 e. The molecule has 5 heteroatoms. The number of carbonyl (C=O) groups excluding carboxylic acids is 1. The summed E-state index contributed by atoms with van der Waals surface area (Å²) in [6.07, 6.45) is 1.93. The number of thioether (sulfide) groups is 1. The topological polar surface area (TPSA) is 20.3 Å². The molecule has 0 saturated carbocycles. The van der Waals surface area contributed by atoms with Crippen LogP contribution < -0.4 is 4.90 Å². The van der Waals surface area contributed by atoms with Crippen molar-refractivity contribution < 1.29 is 4.79 Å². The number of Topliss-reactive ketones (excluding diaryl/α,β-unsaturated/α-hetero) is 1. The molecule has 0 unspecified atom stereocenters. The van der Waals surface area contributed by atoms with E-state index in [1.807, 2.05) is 73.6 Å². The molecule has 0 amide bonds. The van der Waals surface area contributed by atoms with Crippen molar-refractivity contribution in [3.63, 3.8) is 0 Å². The minimum absolute atomic E-state index is 0.0320. The van der Waals surface area contributed by atoms with Crippen LogP contribution in [0.15, 0.2) is 77.7 Å². The average Bonchev–Trinajstić information content (AvgIpc) is 2.72. The first kappa shape index (κ1) is 21.5. The predicted molar refractivity (Wildman–Crippen MR) is 127 cm³/mol. The van der Waals surface area contributed by atoms with Crippen molar-refractivity contribution in [1.82, 2.24) is 0 Å². The summed E-state index contributed by atoms with van der Waals surface area (Å²) in [7, 11) is 4.00. The van der Waals surface area contributed by atoms with Crippen LogP contribution in [0.25, 0.3) is 6.08 Å². The Balaban J connectivity index is 1.90. The summed E-state index contributed by atoms with van der Waals surface area (Å²) >= 11 is 13.8. The summed E-state index contributed by atoms with van der Waals surface area (Å²) < 4.78 is 0. The van der Waals surface area contributed by atoms with Crippen molar-refractivity contribution in [2.75, 3.05) is 19.0 Å². The molecule has 0 atom stereocenters. The van der Waals surface area contributed by atoms with Crippen LogP contribution in [-0.4, -0.2) is 19.9 Å². The van der Waals surface area contributed by atoms with Gasteiger partial charge in [0.25, 0.3) is 0 Å². The number of rotatable bonds is 7. The van der Waals surface area contributed by atoms with Gasteiger partial charge in [-0.25, -0.2) is 0 Å². The minimum atomic E-state index is -0.0320. The summed E-state index contributed by atoms with van der Waals surface area (Å²) in [6, 6.07) is 22.8. The summed E-state index contributed by atoms with van der Waals surface area (Å²) in [5.41, 5.74) is 3.69. The molecule has 3 rings (SSSR count). The number of benzene rings is 3. The highest BCUT2D eigenvalue weighted by Crippen LogP contribution is 2.30. The number of nitrogens with zero attached hydrogens (tertiary/aromatic N) is 1. The third-order valence-electron chi connectivity index (χ3n) is 4.38.